The van der Waals surface area contributed by atoms with Gasteiger partial charge in [-0.3, -0.25) is 0 Å². The number of fused-ring (bicyclic) bond motifs is 1. The Bertz CT molecular complexity index is 1130. The van der Waals surface area contributed by atoms with Gasteiger partial charge in [0.25, 0.3) is 0 Å². The molecular formula is C23H18O2S. The number of hydrogen-bond acceptors (Lipinski definition) is 3. The monoisotopic (exact) mass is 358 g/mol. The van der Waals surface area contributed by atoms with Gasteiger partial charge in [0.2, 0.25) is 0 Å². The highest BCUT2D eigenvalue weighted by Gasteiger charge is 2.17. The molecule has 0 aliphatic carbocycles. The Labute approximate surface area is 156 Å². The smallest absolute Gasteiger partial charge is 0.351 e. The predicted molar refractivity (Wildman–Crippen MR) is 108 cm³/mol. The average molecular weight is 358 g/mol. The molecule has 26 heavy (non-hydrogen) atoms. The molecule has 3 aromatic carbocycles. The Morgan fingerprint density at radius 3 is 2.23 bits per heavy atom. The van der Waals surface area contributed by atoms with Gasteiger partial charge < -0.3 is 4.42 Å². The molecule has 0 spiro atoms. The molecule has 128 valence electrons. The zero-order chi connectivity index (χ0) is 18.1. The molecule has 0 N–H and O–H groups in total. The lowest BCUT2D eigenvalue weighted by atomic mass is 10.0. The minimum absolute atomic E-state index is 0.300. The van der Waals surface area contributed by atoms with Crippen LogP contribution >= 0.6 is 11.8 Å². The highest BCUT2D eigenvalue weighted by atomic mass is 32.2. The van der Waals surface area contributed by atoms with E-state index in [4.69, 9.17) is 4.42 Å². The van der Waals surface area contributed by atoms with Crippen LogP contribution in [0.2, 0.25) is 0 Å². The van der Waals surface area contributed by atoms with Crippen molar-refractivity contribution in [3.8, 4) is 11.1 Å². The van der Waals surface area contributed by atoms with Gasteiger partial charge in [-0.05, 0) is 43.7 Å². The molecule has 0 aliphatic heterocycles. The molecule has 4 rings (SSSR count). The number of aryl methyl sites for hydroxylation is 2. The van der Waals surface area contributed by atoms with E-state index in [1.165, 1.54) is 17.3 Å². The number of rotatable bonds is 3. The zero-order valence-corrected chi connectivity index (χ0v) is 15.5. The molecule has 1 aromatic heterocycles. The van der Waals surface area contributed by atoms with E-state index >= 15 is 0 Å². The van der Waals surface area contributed by atoms with Crippen LogP contribution in [0.25, 0.3) is 22.1 Å². The van der Waals surface area contributed by atoms with Crippen molar-refractivity contribution in [3.63, 3.8) is 0 Å². The second kappa shape index (κ2) is 6.85. The summed E-state index contributed by atoms with van der Waals surface area (Å²) in [5, 5.41) is 0.963. The fraction of sp³-hybridized carbons (Fsp3) is 0.0870. The molecule has 0 saturated carbocycles. The van der Waals surface area contributed by atoms with Gasteiger partial charge in [-0.1, -0.05) is 71.4 Å². The zero-order valence-electron chi connectivity index (χ0n) is 14.7. The minimum Gasteiger partial charge on any atom is -0.422 e. The van der Waals surface area contributed by atoms with Crippen LogP contribution < -0.4 is 5.63 Å². The summed E-state index contributed by atoms with van der Waals surface area (Å²) in [6, 6.07) is 24.1. The largest absolute Gasteiger partial charge is 0.422 e. The van der Waals surface area contributed by atoms with Gasteiger partial charge in [-0.2, -0.15) is 0 Å². The lowest BCUT2D eigenvalue weighted by Crippen LogP contribution is -2.05. The molecular weight excluding hydrogens is 340 g/mol. The first kappa shape index (κ1) is 16.7. The molecule has 1 heterocycles. The third-order valence-electron chi connectivity index (χ3n) is 4.32. The summed E-state index contributed by atoms with van der Waals surface area (Å²) < 4.78 is 5.63. The van der Waals surface area contributed by atoms with Crippen LogP contribution in [-0.2, 0) is 0 Å². The van der Waals surface area contributed by atoms with Crippen molar-refractivity contribution in [2.45, 2.75) is 23.6 Å². The Hall–Kier alpha value is -2.78. The van der Waals surface area contributed by atoms with Crippen LogP contribution in [0.1, 0.15) is 11.1 Å². The van der Waals surface area contributed by atoms with Crippen molar-refractivity contribution < 1.29 is 4.42 Å². The lowest BCUT2D eigenvalue weighted by molar-refractivity contribution is 0.544. The topological polar surface area (TPSA) is 30.2 Å². The van der Waals surface area contributed by atoms with Crippen molar-refractivity contribution in [1.82, 2.24) is 0 Å². The number of benzene rings is 3. The van der Waals surface area contributed by atoms with E-state index < -0.39 is 0 Å². The molecule has 2 nitrogen and oxygen atoms in total. The normalized spacial score (nSPS) is 11.0. The van der Waals surface area contributed by atoms with Gasteiger partial charge in [0.1, 0.15) is 10.5 Å². The fourth-order valence-corrected chi connectivity index (χ4v) is 3.97. The van der Waals surface area contributed by atoms with Gasteiger partial charge in [0.05, 0.1) is 0 Å². The van der Waals surface area contributed by atoms with Gasteiger partial charge >= 0.3 is 5.63 Å². The quantitative estimate of drug-likeness (QED) is 0.407. The predicted octanol–water partition coefficient (Wildman–Crippen LogP) is 6.23. The van der Waals surface area contributed by atoms with E-state index in [-0.39, 0.29) is 5.63 Å². The Kier molecular flexibility index (Phi) is 4.39. The van der Waals surface area contributed by atoms with Crippen molar-refractivity contribution in [2.24, 2.45) is 0 Å². The van der Waals surface area contributed by atoms with Gasteiger partial charge in [-0.15, -0.1) is 0 Å². The van der Waals surface area contributed by atoms with E-state index in [9.17, 15) is 4.79 Å². The minimum atomic E-state index is -0.300. The van der Waals surface area contributed by atoms with E-state index in [1.54, 1.807) is 0 Å². The molecule has 0 amide bonds. The van der Waals surface area contributed by atoms with E-state index in [2.05, 4.69) is 25.1 Å². The summed E-state index contributed by atoms with van der Waals surface area (Å²) in [5.74, 6) is 0. The van der Waals surface area contributed by atoms with Crippen LogP contribution in [0, 0.1) is 13.8 Å². The summed E-state index contributed by atoms with van der Waals surface area (Å²) in [6.07, 6.45) is 0. The fourth-order valence-electron chi connectivity index (χ4n) is 3.01. The van der Waals surface area contributed by atoms with Crippen LogP contribution in [-0.4, -0.2) is 0 Å². The molecule has 0 unspecified atom stereocenters. The molecule has 0 bridgehead atoms. The average Bonchev–Trinajstić information content (AvgIpc) is 2.65. The Morgan fingerprint density at radius 1 is 0.808 bits per heavy atom. The first-order valence-electron chi connectivity index (χ1n) is 8.49. The molecule has 0 aliphatic rings. The van der Waals surface area contributed by atoms with Crippen molar-refractivity contribution in [2.75, 3.05) is 0 Å². The van der Waals surface area contributed by atoms with Crippen molar-refractivity contribution >= 4 is 22.7 Å². The molecule has 3 heteroatoms. The summed E-state index contributed by atoms with van der Waals surface area (Å²) in [7, 11) is 0. The van der Waals surface area contributed by atoms with Crippen LogP contribution in [0.4, 0.5) is 0 Å². The summed E-state index contributed by atoms with van der Waals surface area (Å²) in [6.45, 7) is 4.10. The lowest BCUT2D eigenvalue weighted by Gasteiger charge is -2.12. The number of hydrogen-bond donors (Lipinski definition) is 0. The third-order valence-corrected chi connectivity index (χ3v) is 5.41. The summed E-state index contributed by atoms with van der Waals surface area (Å²) >= 11 is 1.46. The van der Waals surface area contributed by atoms with Crippen LogP contribution in [0.5, 0.6) is 0 Å². The first-order chi connectivity index (χ1) is 12.6. The Morgan fingerprint density at radius 2 is 1.50 bits per heavy atom. The van der Waals surface area contributed by atoms with Crippen LogP contribution in [0.3, 0.4) is 0 Å². The molecule has 0 atom stereocenters. The highest BCUT2D eigenvalue weighted by Crippen LogP contribution is 2.38. The maximum absolute atomic E-state index is 12.8. The van der Waals surface area contributed by atoms with Crippen LogP contribution in [0.15, 0.2) is 91.8 Å². The SMILES string of the molecule is Cc1ccc(Sc2c(-c3ccccc3)c3cc(C)ccc3oc2=O)cc1. The standard InChI is InChI=1S/C23H18O2S/c1-15-8-11-18(12-9-15)26-22-21(17-6-4-3-5-7-17)19-14-16(2)10-13-20(19)25-23(22)24/h3-14H,1-2H3. The van der Waals surface area contributed by atoms with Gasteiger partial charge in [-0.25, -0.2) is 4.79 Å². The molecule has 0 saturated heterocycles. The second-order valence-corrected chi connectivity index (χ2v) is 7.46. The highest BCUT2D eigenvalue weighted by molar-refractivity contribution is 7.99. The second-order valence-electron chi connectivity index (χ2n) is 6.37. The summed E-state index contributed by atoms with van der Waals surface area (Å²) in [4.78, 5) is 14.4. The van der Waals surface area contributed by atoms with Gasteiger partial charge in [0.15, 0.2) is 0 Å². The van der Waals surface area contributed by atoms with Gasteiger partial charge in [0, 0.05) is 15.8 Å². The molecule has 0 fully saturated rings. The van der Waals surface area contributed by atoms with E-state index in [0.717, 1.165) is 27.0 Å². The van der Waals surface area contributed by atoms with Crippen molar-refractivity contribution in [3.05, 3.63) is 94.3 Å². The van der Waals surface area contributed by atoms with Crippen molar-refractivity contribution in [1.29, 1.82) is 0 Å². The third kappa shape index (κ3) is 3.18. The molecule has 0 radical (unpaired) electrons. The van der Waals surface area contributed by atoms with E-state index in [0.29, 0.717) is 10.5 Å². The summed E-state index contributed by atoms with van der Waals surface area (Å²) in [5.41, 5.74) is 4.60. The maximum Gasteiger partial charge on any atom is 0.351 e. The maximum atomic E-state index is 12.8. The molecule has 4 aromatic rings. The Balaban J connectivity index is 2.00. The first-order valence-corrected chi connectivity index (χ1v) is 9.31. The van der Waals surface area contributed by atoms with E-state index in [1.807, 2.05) is 61.5 Å².